The average molecular weight is 199 g/mol. The highest BCUT2D eigenvalue weighted by Gasteiger charge is 2.05. The second-order valence-corrected chi connectivity index (χ2v) is 3.60. The first kappa shape index (κ1) is 10.5. The molecule has 0 radical (unpaired) electrons. The van der Waals surface area contributed by atoms with E-state index in [0.717, 1.165) is 22.6 Å². The molecule has 0 saturated carbocycles. The van der Waals surface area contributed by atoms with Crippen molar-refractivity contribution >= 4 is 11.6 Å². The van der Waals surface area contributed by atoms with Gasteiger partial charge in [-0.1, -0.05) is 23.7 Å². The maximum Gasteiger partial charge on any atom is 0.0438 e. The highest BCUT2D eigenvalue weighted by Crippen LogP contribution is 2.21. The molecule has 0 fully saturated rings. The molecule has 1 aromatic carbocycles. The van der Waals surface area contributed by atoms with Crippen molar-refractivity contribution in [2.75, 3.05) is 6.54 Å². The number of hydrogen-bond donors (Lipinski definition) is 2. The normalized spacial score (nSPS) is 12.9. The molecular weight excluding hydrogens is 184 g/mol. The standard InChI is InChI=1S/C10H15ClN2/c1-7-2-3-8(6-9(7)11)10(13)4-5-12/h2-3,6,10H,4-5,12-13H2,1H3/t10-/m0/s1. The van der Waals surface area contributed by atoms with Gasteiger partial charge in [-0.05, 0) is 37.1 Å². The highest BCUT2D eigenvalue weighted by atomic mass is 35.5. The predicted octanol–water partition coefficient (Wildman–Crippen LogP) is 2.00. The van der Waals surface area contributed by atoms with E-state index in [2.05, 4.69) is 0 Å². The third kappa shape index (κ3) is 2.69. The van der Waals surface area contributed by atoms with Crippen LogP contribution in [0.2, 0.25) is 5.02 Å². The quantitative estimate of drug-likeness (QED) is 0.781. The highest BCUT2D eigenvalue weighted by molar-refractivity contribution is 6.31. The molecule has 1 aromatic rings. The molecule has 0 saturated heterocycles. The Balaban J connectivity index is 2.84. The van der Waals surface area contributed by atoms with Crippen LogP contribution in [-0.2, 0) is 0 Å². The summed E-state index contributed by atoms with van der Waals surface area (Å²) >= 11 is 5.97. The molecule has 0 spiro atoms. The SMILES string of the molecule is Cc1ccc([C@@H](N)CCN)cc1Cl. The molecule has 2 nitrogen and oxygen atoms in total. The molecule has 0 amide bonds. The van der Waals surface area contributed by atoms with Gasteiger partial charge in [0.1, 0.15) is 0 Å². The Hall–Kier alpha value is -0.570. The number of rotatable bonds is 3. The molecule has 0 aliphatic carbocycles. The molecule has 1 atom stereocenters. The molecule has 0 aliphatic heterocycles. The fraction of sp³-hybridized carbons (Fsp3) is 0.400. The van der Waals surface area contributed by atoms with Crippen molar-refractivity contribution in [1.29, 1.82) is 0 Å². The smallest absolute Gasteiger partial charge is 0.0438 e. The lowest BCUT2D eigenvalue weighted by Gasteiger charge is -2.11. The van der Waals surface area contributed by atoms with Crippen LogP contribution in [-0.4, -0.2) is 6.54 Å². The number of benzene rings is 1. The monoisotopic (exact) mass is 198 g/mol. The van der Waals surface area contributed by atoms with Gasteiger partial charge in [0.15, 0.2) is 0 Å². The van der Waals surface area contributed by atoms with Crippen molar-refractivity contribution in [3.8, 4) is 0 Å². The van der Waals surface area contributed by atoms with Gasteiger partial charge >= 0.3 is 0 Å². The summed E-state index contributed by atoms with van der Waals surface area (Å²) in [7, 11) is 0. The number of aryl methyl sites for hydroxylation is 1. The fourth-order valence-corrected chi connectivity index (χ4v) is 1.37. The van der Waals surface area contributed by atoms with E-state index in [1.807, 2.05) is 25.1 Å². The molecule has 0 aromatic heterocycles. The molecule has 1 rings (SSSR count). The second kappa shape index (κ2) is 4.61. The lowest BCUT2D eigenvalue weighted by atomic mass is 10.0. The van der Waals surface area contributed by atoms with Crippen LogP contribution < -0.4 is 11.5 Å². The first-order valence-corrected chi connectivity index (χ1v) is 4.74. The zero-order valence-corrected chi connectivity index (χ0v) is 8.51. The summed E-state index contributed by atoms with van der Waals surface area (Å²) in [5, 5.41) is 0.768. The lowest BCUT2D eigenvalue weighted by molar-refractivity contribution is 0.661. The summed E-state index contributed by atoms with van der Waals surface area (Å²) in [4.78, 5) is 0. The van der Waals surface area contributed by atoms with Gasteiger partial charge in [0.25, 0.3) is 0 Å². The summed E-state index contributed by atoms with van der Waals surface area (Å²) in [5.41, 5.74) is 13.4. The van der Waals surface area contributed by atoms with Crippen LogP contribution in [0.3, 0.4) is 0 Å². The van der Waals surface area contributed by atoms with E-state index in [9.17, 15) is 0 Å². The molecule has 3 heteroatoms. The Bertz CT molecular complexity index is 286. The third-order valence-corrected chi connectivity index (χ3v) is 2.51. The summed E-state index contributed by atoms with van der Waals surface area (Å²) in [6, 6.07) is 5.90. The predicted molar refractivity (Wildman–Crippen MR) is 56.8 cm³/mol. The molecule has 0 unspecified atom stereocenters. The third-order valence-electron chi connectivity index (χ3n) is 2.10. The Morgan fingerprint density at radius 2 is 2.15 bits per heavy atom. The van der Waals surface area contributed by atoms with Crippen molar-refractivity contribution < 1.29 is 0 Å². The lowest BCUT2D eigenvalue weighted by Crippen LogP contribution is -2.15. The van der Waals surface area contributed by atoms with Gasteiger partial charge in [-0.3, -0.25) is 0 Å². The van der Waals surface area contributed by atoms with Crippen LogP contribution in [0.4, 0.5) is 0 Å². The van der Waals surface area contributed by atoms with E-state index in [-0.39, 0.29) is 6.04 Å². The topological polar surface area (TPSA) is 52.0 Å². The minimum Gasteiger partial charge on any atom is -0.330 e. The van der Waals surface area contributed by atoms with Crippen LogP contribution in [0.25, 0.3) is 0 Å². The maximum absolute atomic E-state index is 5.97. The molecule has 0 heterocycles. The van der Waals surface area contributed by atoms with Crippen LogP contribution >= 0.6 is 11.6 Å². The zero-order valence-electron chi connectivity index (χ0n) is 7.76. The zero-order chi connectivity index (χ0) is 9.84. The average Bonchev–Trinajstić information content (AvgIpc) is 2.10. The van der Waals surface area contributed by atoms with Crippen LogP contribution in [0.1, 0.15) is 23.6 Å². The first-order chi connectivity index (χ1) is 6.15. The summed E-state index contributed by atoms with van der Waals surface area (Å²) in [6.45, 7) is 2.58. The van der Waals surface area contributed by atoms with Crippen molar-refractivity contribution in [3.05, 3.63) is 34.3 Å². The van der Waals surface area contributed by atoms with Gasteiger partial charge in [0.2, 0.25) is 0 Å². The molecule has 4 N–H and O–H groups in total. The molecule has 72 valence electrons. The van der Waals surface area contributed by atoms with Crippen molar-refractivity contribution in [2.24, 2.45) is 11.5 Å². The van der Waals surface area contributed by atoms with Gasteiger partial charge < -0.3 is 11.5 Å². The Labute approximate surface area is 83.9 Å². The van der Waals surface area contributed by atoms with E-state index >= 15 is 0 Å². The molecule has 13 heavy (non-hydrogen) atoms. The van der Waals surface area contributed by atoms with Gasteiger partial charge in [-0.2, -0.15) is 0 Å². The number of halogens is 1. The summed E-state index contributed by atoms with van der Waals surface area (Å²) in [5.74, 6) is 0. The largest absolute Gasteiger partial charge is 0.330 e. The van der Waals surface area contributed by atoms with Crippen LogP contribution in [0.5, 0.6) is 0 Å². The molecular formula is C10H15ClN2. The molecule has 0 bridgehead atoms. The summed E-state index contributed by atoms with van der Waals surface area (Å²) in [6.07, 6.45) is 0.791. The van der Waals surface area contributed by atoms with E-state index in [1.165, 1.54) is 0 Å². The first-order valence-electron chi connectivity index (χ1n) is 4.37. The minimum atomic E-state index is 0.00287. The fourth-order valence-electron chi connectivity index (χ4n) is 1.19. The van der Waals surface area contributed by atoms with E-state index < -0.39 is 0 Å². The Morgan fingerprint density at radius 1 is 1.46 bits per heavy atom. The number of hydrogen-bond acceptors (Lipinski definition) is 2. The van der Waals surface area contributed by atoms with Gasteiger partial charge in [0, 0.05) is 11.1 Å². The summed E-state index contributed by atoms with van der Waals surface area (Å²) < 4.78 is 0. The minimum absolute atomic E-state index is 0.00287. The van der Waals surface area contributed by atoms with Gasteiger partial charge in [-0.25, -0.2) is 0 Å². The van der Waals surface area contributed by atoms with Crippen LogP contribution in [0.15, 0.2) is 18.2 Å². The maximum atomic E-state index is 5.97. The Kier molecular flexibility index (Phi) is 3.72. The van der Waals surface area contributed by atoms with E-state index in [4.69, 9.17) is 23.1 Å². The van der Waals surface area contributed by atoms with Gasteiger partial charge in [0.05, 0.1) is 0 Å². The van der Waals surface area contributed by atoms with E-state index in [1.54, 1.807) is 0 Å². The number of nitrogens with two attached hydrogens (primary N) is 2. The van der Waals surface area contributed by atoms with Crippen molar-refractivity contribution in [1.82, 2.24) is 0 Å². The second-order valence-electron chi connectivity index (χ2n) is 3.19. The van der Waals surface area contributed by atoms with Crippen molar-refractivity contribution in [3.63, 3.8) is 0 Å². The van der Waals surface area contributed by atoms with Gasteiger partial charge in [-0.15, -0.1) is 0 Å². The van der Waals surface area contributed by atoms with Crippen LogP contribution in [0, 0.1) is 6.92 Å². The molecule has 0 aliphatic rings. The van der Waals surface area contributed by atoms with Crippen molar-refractivity contribution in [2.45, 2.75) is 19.4 Å². The van der Waals surface area contributed by atoms with E-state index in [0.29, 0.717) is 6.54 Å². The Morgan fingerprint density at radius 3 is 2.69 bits per heavy atom.